The van der Waals surface area contributed by atoms with E-state index in [-0.39, 0.29) is 17.7 Å². The summed E-state index contributed by atoms with van der Waals surface area (Å²) < 4.78 is 0. The van der Waals surface area contributed by atoms with Crippen molar-refractivity contribution in [3.8, 4) is 0 Å². The van der Waals surface area contributed by atoms with Crippen molar-refractivity contribution in [3.63, 3.8) is 0 Å². The number of amides is 2. The molecule has 4 nitrogen and oxygen atoms in total. The van der Waals surface area contributed by atoms with Crippen molar-refractivity contribution >= 4 is 29.1 Å². The number of nitrogens with one attached hydrogen (secondary N) is 1. The summed E-state index contributed by atoms with van der Waals surface area (Å²) in [6, 6.07) is 4.92. The number of carbonyl (C=O) groups is 2. The molecule has 1 saturated heterocycles. The Bertz CT molecular complexity index is 596. The first-order valence-corrected chi connectivity index (χ1v) is 7.45. The minimum atomic E-state index is -0.917. The molecular weight excluding hydrogens is 288 g/mol. The van der Waals surface area contributed by atoms with Crippen LogP contribution in [-0.2, 0) is 9.59 Å². The van der Waals surface area contributed by atoms with Crippen LogP contribution in [0, 0.1) is 12.8 Å². The predicted octanol–water partition coefficient (Wildman–Crippen LogP) is 2.91. The first-order chi connectivity index (χ1) is 9.65. The number of hydrogen-bond acceptors (Lipinski definition) is 2. The SMILES string of the molecule is Cc1ccc(N2C(=O)C(C)(C)NC(=O)C2C(C)C)cc1Cl. The molecule has 0 aromatic heterocycles. The van der Waals surface area contributed by atoms with E-state index < -0.39 is 11.6 Å². The van der Waals surface area contributed by atoms with E-state index in [1.165, 1.54) is 0 Å². The van der Waals surface area contributed by atoms with E-state index in [0.29, 0.717) is 10.7 Å². The second-order valence-corrected chi connectivity index (χ2v) is 6.82. The normalized spacial score (nSPS) is 21.7. The summed E-state index contributed by atoms with van der Waals surface area (Å²) in [7, 11) is 0. The number of hydrogen-bond donors (Lipinski definition) is 1. The van der Waals surface area contributed by atoms with Crippen molar-refractivity contribution in [1.29, 1.82) is 0 Å². The van der Waals surface area contributed by atoms with Gasteiger partial charge in [0, 0.05) is 10.7 Å². The van der Waals surface area contributed by atoms with E-state index in [1.807, 2.05) is 32.9 Å². The number of carbonyl (C=O) groups excluding carboxylic acids is 2. The van der Waals surface area contributed by atoms with Gasteiger partial charge in [-0.05, 0) is 44.4 Å². The average molecular weight is 309 g/mol. The monoisotopic (exact) mass is 308 g/mol. The smallest absolute Gasteiger partial charge is 0.252 e. The van der Waals surface area contributed by atoms with Gasteiger partial charge in [-0.15, -0.1) is 0 Å². The van der Waals surface area contributed by atoms with Gasteiger partial charge in [0.1, 0.15) is 11.6 Å². The minimum Gasteiger partial charge on any atom is -0.340 e. The molecule has 1 atom stereocenters. The molecule has 1 fully saturated rings. The summed E-state index contributed by atoms with van der Waals surface area (Å²) in [6.07, 6.45) is 0. The molecule has 0 saturated carbocycles. The van der Waals surface area contributed by atoms with E-state index in [2.05, 4.69) is 5.32 Å². The molecule has 0 bridgehead atoms. The van der Waals surface area contributed by atoms with Gasteiger partial charge < -0.3 is 5.32 Å². The van der Waals surface area contributed by atoms with E-state index in [1.54, 1.807) is 24.8 Å². The third-order valence-electron chi connectivity index (χ3n) is 3.80. The number of benzene rings is 1. The van der Waals surface area contributed by atoms with Crippen LogP contribution >= 0.6 is 11.6 Å². The van der Waals surface area contributed by atoms with Crippen LogP contribution in [0.5, 0.6) is 0 Å². The molecule has 5 heteroatoms. The first kappa shape index (κ1) is 15.8. The largest absolute Gasteiger partial charge is 0.340 e. The predicted molar refractivity (Wildman–Crippen MR) is 84.5 cm³/mol. The molecule has 0 spiro atoms. The Hall–Kier alpha value is -1.55. The second-order valence-electron chi connectivity index (χ2n) is 6.41. The summed E-state index contributed by atoms with van der Waals surface area (Å²) in [6.45, 7) is 9.19. The van der Waals surface area contributed by atoms with Crippen LogP contribution in [0.3, 0.4) is 0 Å². The number of halogens is 1. The van der Waals surface area contributed by atoms with Gasteiger partial charge in [-0.1, -0.05) is 31.5 Å². The molecule has 1 aliphatic heterocycles. The molecule has 1 N–H and O–H groups in total. The van der Waals surface area contributed by atoms with Gasteiger partial charge in [0.15, 0.2) is 0 Å². The molecule has 1 aromatic rings. The fraction of sp³-hybridized carbons (Fsp3) is 0.500. The lowest BCUT2D eigenvalue weighted by molar-refractivity contribution is -0.138. The van der Waals surface area contributed by atoms with Gasteiger partial charge in [-0.3, -0.25) is 14.5 Å². The lowest BCUT2D eigenvalue weighted by Crippen LogP contribution is -2.69. The quantitative estimate of drug-likeness (QED) is 0.913. The maximum atomic E-state index is 12.8. The van der Waals surface area contributed by atoms with Crippen molar-refractivity contribution < 1.29 is 9.59 Å². The minimum absolute atomic E-state index is 0.00475. The zero-order valence-electron chi connectivity index (χ0n) is 13.0. The topological polar surface area (TPSA) is 49.4 Å². The van der Waals surface area contributed by atoms with Crippen molar-refractivity contribution in [2.75, 3.05) is 4.90 Å². The Morgan fingerprint density at radius 3 is 2.43 bits per heavy atom. The maximum absolute atomic E-state index is 12.8. The molecule has 1 aliphatic rings. The number of nitrogens with zero attached hydrogens (tertiary/aromatic N) is 1. The third kappa shape index (κ3) is 2.77. The molecule has 114 valence electrons. The molecule has 0 radical (unpaired) electrons. The van der Waals surface area contributed by atoms with E-state index in [4.69, 9.17) is 11.6 Å². The molecule has 2 amide bonds. The fourth-order valence-electron chi connectivity index (χ4n) is 2.59. The number of anilines is 1. The van der Waals surface area contributed by atoms with Crippen molar-refractivity contribution in [2.45, 2.75) is 46.2 Å². The van der Waals surface area contributed by atoms with Crippen molar-refractivity contribution in [1.82, 2.24) is 5.32 Å². The van der Waals surface area contributed by atoms with Gasteiger partial charge in [0.2, 0.25) is 5.91 Å². The number of aryl methyl sites for hydroxylation is 1. The fourth-order valence-corrected chi connectivity index (χ4v) is 2.77. The van der Waals surface area contributed by atoms with Crippen LogP contribution in [0.15, 0.2) is 18.2 Å². The summed E-state index contributed by atoms with van der Waals surface area (Å²) in [5.74, 6) is -0.253. The highest BCUT2D eigenvalue weighted by Gasteiger charge is 2.47. The standard InChI is InChI=1S/C16H21ClN2O2/c1-9(2)13-14(20)18-16(4,5)15(21)19(13)11-7-6-10(3)12(17)8-11/h6-9,13H,1-5H3,(H,18,20). The Kier molecular flexibility index (Phi) is 4.02. The number of piperazine rings is 1. The molecular formula is C16H21ClN2O2. The maximum Gasteiger partial charge on any atom is 0.252 e. The van der Waals surface area contributed by atoms with Gasteiger partial charge in [-0.2, -0.15) is 0 Å². The van der Waals surface area contributed by atoms with Crippen LogP contribution < -0.4 is 10.2 Å². The molecule has 21 heavy (non-hydrogen) atoms. The van der Waals surface area contributed by atoms with Crippen LogP contribution in [0.1, 0.15) is 33.3 Å². The highest BCUT2D eigenvalue weighted by molar-refractivity contribution is 6.31. The van der Waals surface area contributed by atoms with Gasteiger partial charge in [0.25, 0.3) is 5.91 Å². The summed E-state index contributed by atoms with van der Waals surface area (Å²) >= 11 is 6.18. The molecule has 1 aromatic carbocycles. The summed E-state index contributed by atoms with van der Waals surface area (Å²) in [5.41, 5.74) is 0.687. The van der Waals surface area contributed by atoms with Crippen LogP contribution in [0.4, 0.5) is 5.69 Å². The van der Waals surface area contributed by atoms with Crippen molar-refractivity contribution in [3.05, 3.63) is 28.8 Å². The molecule has 2 rings (SSSR count). The third-order valence-corrected chi connectivity index (χ3v) is 4.21. The van der Waals surface area contributed by atoms with Crippen molar-refractivity contribution in [2.24, 2.45) is 5.92 Å². The molecule has 0 aliphatic carbocycles. The Balaban J connectivity index is 2.55. The molecule has 1 heterocycles. The lowest BCUT2D eigenvalue weighted by Gasteiger charge is -2.44. The first-order valence-electron chi connectivity index (χ1n) is 7.07. The zero-order chi connectivity index (χ0) is 15.9. The lowest BCUT2D eigenvalue weighted by atomic mass is 9.91. The van der Waals surface area contributed by atoms with Gasteiger partial charge >= 0.3 is 0 Å². The van der Waals surface area contributed by atoms with E-state index in [9.17, 15) is 9.59 Å². The van der Waals surface area contributed by atoms with Gasteiger partial charge in [-0.25, -0.2) is 0 Å². The van der Waals surface area contributed by atoms with Crippen LogP contribution in [0.2, 0.25) is 5.02 Å². The summed E-state index contributed by atoms with van der Waals surface area (Å²) in [5, 5.41) is 3.39. The van der Waals surface area contributed by atoms with Gasteiger partial charge in [0.05, 0.1) is 0 Å². The van der Waals surface area contributed by atoms with E-state index in [0.717, 1.165) is 5.56 Å². The van der Waals surface area contributed by atoms with Crippen LogP contribution in [-0.4, -0.2) is 23.4 Å². The highest BCUT2D eigenvalue weighted by atomic mass is 35.5. The van der Waals surface area contributed by atoms with E-state index >= 15 is 0 Å². The highest BCUT2D eigenvalue weighted by Crippen LogP contribution is 2.31. The number of rotatable bonds is 2. The Morgan fingerprint density at radius 1 is 1.29 bits per heavy atom. The second kappa shape index (κ2) is 5.34. The zero-order valence-corrected chi connectivity index (χ0v) is 13.8. The average Bonchev–Trinajstić information content (AvgIpc) is 2.36. The Morgan fingerprint density at radius 2 is 1.90 bits per heavy atom. The Labute approximate surface area is 130 Å². The molecule has 1 unspecified atom stereocenters. The summed E-state index contributed by atoms with van der Waals surface area (Å²) in [4.78, 5) is 26.7. The van der Waals surface area contributed by atoms with Crippen LogP contribution in [0.25, 0.3) is 0 Å².